The zero-order chi connectivity index (χ0) is 16.2. The lowest BCUT2D eigenvalue weighted by molar-refractivity contribution is -0.144. The Labute approximate surface area is 139 Å². The van der Waals surface area contributed by atoms with Gasteiger partial charge in [0.1, 0.15) is 5.82 Å². The minimum Gasteiger partial charge on any atom is -0.455 e. The van der Waals surface area contributed by atoms with Gasteiger partial charge in [0.25, 0.3) is 5.89 Å². The molecular formula is C15H10ClFN2O3S. The molecule has 3 rings (SSSR count). The predicted molar refractivity (Wildman–Crippen MR) is 82.5 cm³/mol. The maximum Gasteiger partial charge on any atom is 0.310 e. The van der Waals surface area contributed by atoms with Crippen molar-refractivity contribution in [2.75, 3.05) is 0 Å². The van der Waals surface area contributed by atoms with Crippen LogP contribution in [0.1, 0.15) is 11.5 Å². The van der Waals surface area contributed by atoms with Crippen molar-refractivity contribution in [2.24, 2.45) is 0 Å². The fourth-order valence-electron chi connectivity index (χ4n) is 1.86. The van der Waals surface area contributed by atoms with Crippen molar-refractivity contribution in [1.29, 1.82) is 0 Å². The lowest BCUT2D eigenvalue weighted by Crippen LogP contribution is -2.09. The van der Waals surface area contributed by atoms with Crippen molar-refractivity contribution in [1.82, 2.24) is 10.1 Å². The van der Waals surface area contributed by atoms with Gasteiger partial charge in [0.05, 0.1) is 6.42 Å². The molecule has 0 unspecified atom stereocenters. The summed E-state index contributed by atoms with van der Waals surface area (Å²) in [5.41, 5.74) is 0.929. The van der Waals surface area contributed by atoms with E-state index in [1.807, 2.05) is 16.8 Å². The van der Waals surface area contributed by atoms with E-state index in [-0.39, 0.29) is 29.5 Å². The molecule has 0 aliphatic carbocycles. The Hall–Kier alpha value is -2.25. The third kappa shape index (κ3) is 3.75. The van der Waals surface area contributed by atoms with E-state index in [2.05, 4.69) is 10.1 Å². The molecule has 0 bridgehead atoms. The first-order chi connectivity index (χ1) is 11.1. The first-order valence-electron chi connectivity index (χ1n) is 6.57. The Bertz CT molecular complexity index is 800. The van der Waals surface area contributed by atoms with Crippen molar-refractivity contribution in [2.45, 2.75) is 13.0 Å². The van der Waals surface area contributed by atoms with E-state index in [0.717, 1.165) is 5.56 Å². The van der Waals surface area contributed by atoms with Gasteiger partial charge in [-0.2, -0.15) is 16.3 Å². The first-order valence-corrected chi connectivity index (χ1v) is 7.89. The van der Waals surface area contributed by atoms with E-state index in [9.17, 15) is 9.18 Å². The quantitative estimate of drug-likeness (QED) is 0.652. The van der Waals surface area contributed by atoms with E-state index >= 15 is 0 Å². The highest BCUT2D eigenvalue weighted by atomic mass is 35.5. The largest absolute Gasteiger partial charge is 0.455 e. The van der Waals surface area contributed by atoms with E-state index in [1.54, 1.807) is 0 Å². The molecule has 8 heteroatoms. The molecule has 3 aromatic rings. The summed E-state index contributed by atoms with van der Waals surface area (Å²) in [6.45, 7) is -0.179. The molecule has 0 aliphatic rings. The third-order valence-corrected chi connectivity index (χ3v) is 4.02. The number of ether oxygens (including phenoxy) is 1. The lowest BCUT2D eigenvalue weighted by Gasteiger charge is -2.05. The highest BCUT2D eigenvalue weighted by Crippen LogP contribution is 2.21. The molecule has 0 aliphatic heterocycles. The number of thiophene rings is 1. The number of carbonyl (C=O) groups is 1. The highest BCUT2D eigenvalue weighted by molar-refractivity contribution is 7.08. The summed E-state index contributed by atoms with van der Waals surface area (Å²) < 4.78 is 23.6. The standard InChI is InChI=1S/C15H10ClFN2O3S/c16-11-2-1-3-12(17)10(11)6-14(20)21-7-13-18-15(19-22-13)9-4-5-23-8-9/h1-5,8H,6-7H2. The van der Waals surface area contributed by atoms with Crippen LogP contribution in [0.4, 0.5) is 4.39 Å². The number of carbonyl (C=O) groups excluding carboxylic acids is 1. The number of esters is 1. The van der Waals surface area contributed by atoms with Crippen LogP contribution >= 0.6 is 22.9 Å². The molecular weight excluding hydrogens is 343 g/mol. The van der Waals surface area contributed by atoms with Crippen LogP contribution in [0.5, 0.6) is 0 Å². The zero-order valence-electron chi connectivity index (χ0n) is 11.7. The Morgan fingerprint density at radius 2 is 2.26 bits per heavy atom. The van der Waals surface area contributed by atoms with Gasteiger partial charge in [0.15, 0.2) is 6.61 Å². The number of nitrogens with zero attached hydrogens (tertiary/aromatic N) is 2. The van der Waals surface area contributed by atoms with Crippen LogP contribution in [0.25, 0.3) is 11.4 Å². The average molecular weight is 353 g/mol. The molecule has 23 heavy (non-hydrogen) atoms. The maximum absolute atomic E-state index is 13.6. The molecule has 0 fully saturated rings. The Kier molecular flexibility index (Phi) is 4.68. The van der Waals surface area contributed by atoms with Gasteiger partial charge in [0.2, 0.25) is 5.82 Å². The molecule has 2 heterocycles. The van der Waals surface area contributed by atoms with E-state index < -0.39 is 11.8 Å². The smallest absolute Gasteiger partial charge is 0.310 e. The highest BCUT2D eigenvalue weighted by Gasteiger charge is 2.15. The SMILES string of the molecule is O=C(Cc1c(F)cccc1Cl)OCc1nc(-c2ccsc2)no1. The van der Waals surface area contributed by atoms with Crippen molar-refractivity contribution in [3.63, 3.8) is 0 Å². The summed E-state index contributed by atoms with van der Waals surface area (Å²) in [5, 5.41) is 7.75. The van der Waals surface area contributed by atoms with Crippen molar-refractivity contribution in [3.05, 3.63) is 57.3 Å². The second-order valence-electron chi connectivity index (χ2n) is 4.56. The van der Waals surface area contributed by atoms with Gasteiger partial charge in [-0.25, -0.2) is 4.39 Å². The Morgan fingerprint density at radius 1 is 1.39 bits per heavy atom. The molecule has 0 amide bonds. The minimum atomic E-state index is -0.632. The molecule has 0 saturated heterocycles. The van der Waals surface area contributed by atoms with Crippen molar-refractivity contribution < 1.29 is 18.4 Å². The van der Waals surface area contributed by atoms with Crippen LogP contribution in [0.2, 0.25) is 5.02 Å². The molecule has 0 spiro atoms. The molecule has 0 radical (unpaired) electrons. The number of hydrogen-bond donors (Lipinski definition) is 0. The van der Waals surface area contributed by atoms with Crippen LogP contribution in [-0.4, -0.2) is 16.1 Å². The minimum absolute atomic E-state index is 0.101. The van der Waals surface area contributed by atoms with E-state index in [4.69, 9.17) is 20.9 Å². The van der Waals surface area contributed by atoms with E-state index in [1.165, 1.54) is 29.5 Å². The molecule has 2 aromatic heterocycles. The Balaban J connectivity index is 1.59. The topological polar surface area (TPSA) is 65.2 Å². The van der Waals surface area contributed by atoms with Gasteiger partial charge >= 0.3 is 5.97 Å². The number of benzene rings is 1. The predicted octanol–water partition coefficient (Wildman–Crippen LogP) is 3.88. The third-order valence-electron chi connectivity index (χ3n) is 2.99. The van der Waals surface area contributed by atoms with Gasteiger partial charge in [0, 0.05) is 21.5 Å². The number of rotatable bonds is 5. The molecule has 0 atom stereocenters. The van der Waals surface area contributed by atoms with Gasteiger partial charge in [-0.3, -0.25) is 4.79 Å². The first kappa shape index (κ1) is 15.6. The lowest BCUT2D eigenvalue weighted by atomic mass is 10.1. The van der Waals surface area contributed by atoms with Crippen molar-refractivity contribution >= 4 is 28.9 Å². The molecule has 1 aromatic carbocycles. The summed E-state index contributed by atoms with van der Waals surface area (Å²) in [5.74, 6) is -0.590. The van der Waals surface area contributed by atoms with Gasteiger partial charge in [-0.15, -0.1) is 0 Å². The zero-order valence-corrected chi connectivity index (χ0v) is 13.2. The number of hydrogen-bond acceptors (Lipinski definition) is 6. The summed E-state index contributed by atoms with van der Waals surface area (Å²) in [4.78, 5) is 15.9. The van der Waals surface area contributed by atoms with Crippen LogP contribution in [0.3, 0.4) is 0 Å². The van der Waals surface area contributed by atoms with Gasteiger partial charge in [-0.1, -0.05) is 22.8 Å². The van der Waals surface area contributed by atoms with Crippen LogP contribution < -0.4 is 0 Å². The molecule has 0 N–H and O–H groups in total. The normalized spacial score (nSPS) is 10.7. The van der Waals surface area contributed by atoms with Crippen LogP contribution in [0.15, 0.2) is 39.5 Å². The van der Waals surface area contributed by atoms with Crippen LogP contribution in [0, 0.1) is 5.82 Å². The summed E-state index contributed by atoms with van der Waals surface area (Å²) in [6, 6.07) is 6.07. The fourth-order valence-corrected chi connectivity index (χ4v) is 2.73. The average Bonchev–Trinajstić information content (AvgIpc) is 3.19. The molecule has 5 nitrogen and oxygen atoms in total. The summed E-state index contributed by atoms with van der Waals surface area (Å²) >= 11 is 7.37. The van der Waals surface area contributed by atoms with Gasteiger partial charge < -0.3 is 9.26 Å². The Morgan fingerprint density at radius 3 is 3.00 bits per heavy atom. The van der Waals surface area contributed by atoms with Gasteiger partial charge in [-0.05, 0) is 23.6 Å². The second-order valence-corrected chi connectivity index (χ2v) is 5.75. The second kappa shape index (κ2) is 6.89. The van der Waals surface area contributed by atoms with Crippen molar-refractivity contribution in [3.8, 4) is 11.4 Å². The maximum atomic E-state index is 13.6. The summed E-state index contributed by atoms with van der Waals surface area (Å²) in [6.07, 6.45) is -0.267. The fraction of sp³-hybridized carbons (Fsp3) is 0.133. The molecule has 0 saturated carbocycles. The van der Waals surface area contributed by atoms with E-state index in [0.29, 0.717) is 5.82 Å². The van der Waals surface area contributed by atoms with Crippen LogP contribution in [-0.2, 0) is 22.6 Å². The monoisotopic (exact) mass is 352 g/mol. The number of halogens is 2. The number of aromatic nitrogens is 2. The molecule has 118 valence electrons. The summed E-state index contributed by atoms with van der Waals surface area (Å²) in [7, 11) is 0.